The Morgan fingerprint density at radius 1 is 0.821 bits per heavy atom. The number of carbonyl (C=O) groups excluding carboxylic acids is 1. The number of carbonyl (C=O) groups is 2. The van der Waals surface area contributed by atoms with Crippen LogP contribution in [0.15, 0.2) is 78.9 Å². The lowest BCUT2D eigenvalue weighted by Gasteiger charge is -2.13. The average molecular weight is 374 g/mol. The minimum absolute atomic E-state index is 0.0925. The number of aromatic carboxylic acids is 1. The van der Waals surface area contributed by atoms with E-state index in [1.54, 1.807) is 18.2 Å². The van der Waals surface area contributed by atoms with E-state index in [-0.39, 0.29) is 11.3 Å². The Labute approximate surface area is 164 Å². The van der Waals surface area contributed by atoms with Crippen molar-refractivity contribution in [3.63, 3.8) is 0 Å². The zero-order chi connectivity index (χ0) is 19.8. The molecule has 0 aliphatic carbocycles. The van der Waals surface area contributed by atoms with Gasteiger partial charge >= 0.3 is 5.97 Å². The molecule has 0 atom stereocenters. The molecule has 0 saturated heterocycles. The van der Waals surface area contributed by atoms with Crippen molar-refractivity contribution >= 4 is 11.8 Å². The highest BCUT2D eigenvalue weighted by molar-refractivity contribution is 5.95. The number of benzene rings is 3. The summed E-state index contributed by atoms with van der Waals surface area (Å²) >= 11 is 0. The zero-order valence-electron chi connectivity index (χ0n) is 15.5. The Morgan fingerprint density at radius 2 is 1.50 bits per heavy atom. The highest BCUT2D eigenvalue weighted by atomic mass is 16.5. The minimum Gasteiger partial charge on any atom is -0.493 e. The van der Waals surface area contributed by atoms with Crippen LogP contribution in [0.5, 0.6) is 5.75 Å². The summed E-state index contributed by atoms with van der Waals surface area (Å²) in [6, 6.07) is 23.9. The summed E-state index contributed by atoms with van der Waals surface area (Å²) in [6.45, 7) is 0.396. The van der Waals surface area contributed by atoms with Gasteiger partial charge in [0.1, 0.15) is 5.75 Å². The summed E-state index contributed by atoms with van der Waals surface area (Å²) in [5.74, 6) is -0.217. The highest BCUT2D eigenvalue weighted by Gasteiger charge is 2.11. The SMILES string of the molecule is O=C(O)c1ccc(OCCCC(=O)c2ccccc2)c(Cc2ccccc2)c1. The minimum atomic E-state index is -0.964. The Morgan fingerprint density at radius 3 is 2.18 bits per heavy atom. The van der Waals surface area contributed by atoms with Crippen molar-refractivity contribution in [2.75, 3.05) is 6.61 Å². The van der Waals surface area contributed by atoms with E-state index >= 15 is 0 Å². The molecule has 0 spiro atoms. The molecule has 0 bridgehead atoms. The van der Waals surface area contributed by atoms with Gasteiger partial charge in [-0.2, -0.15) is 0 Å². The van der Waals surface area contributed by atoms with Crippen molar-refractivity contribution in [1.29, 1.82) is 0 Å². The maximum Gasteiger partial charge on any atom is 0.335 e. The second-order valence-corrected chi connectivity index (χ2v) is 6.53. The monoisotopic (exact) mass is 374 g/mol. The Hall–Kier alpha value is -3.40. The molecular formula is C24H22O4. The Balaban J connectivity index is 1.64. The number of hydrogen-bond acceptors (Lipinski definition) is 3. The Kier molecular flexibility index (Phi) is 6.58. The maximum atomic E-state index is 12.2. The van der Waals surface area contributed by atoms with Gasteiger partial charge in [-0.1, -0.05) is 60.7 Å². The number of ether oxygens (including phenoxy) is 1. The standard InChI is InChI=1S/C24H22O4/c25-22(19-10-5-2-6-11-19)12-7-15-28-23-14-13-20(24(26)27)17-21(23)16-18-8-3-1-4-9-18/h1-6,8-11,13-14,17H,7,12,15-16H2,(H,26,27). The number of rotatable bonds is 9. The van der Waals surface area contributed by atoms with Crippen molar-refractivity contribution in [1.82, 2.24) is 0 Å². The first-order valence-electron chi connectivity index (χ1n) is 9.24. The van der Waals surface area contributed by atoms with E-state index in [9.17, 15) is 14.7 Å². The first-order valence-corrected chi connectivity index (χ1v) is 9.24. The molecule has 0 fully saturated rings. The number of Topliss-reactive ketones (excluding diaryl/α,β-unsaturated/α-hetero) is 1. The van der Waals surface area contributed by atoms with Crippen molar-refractivity contribution in [3.8, 4) is 5.75 Å². The topological polar surface area (TPSA) is 63.6 Å². The van der Waals surface area contributed by atoms with Gasteiger partial charge in [0.25, 0.3) is 0 Å². The van der Waals surface area contributed by atoms with Gasteiger partial charge in [-0.05, 0) is 35.7 Å². The van der Waals surface area contributed by atoms with Crippen molar-refractivity contribution < 1.29 is 19.4 Å². The van der Waals surface area contributed by atoms with Crippen LogP contribution < -0.4 is 4.74 Å². The maximum absolute atomic E-state index is 12.2. The molecule has 3 rings (SSSR count). The molecular weight excluding hydrogens is 352 g/mol. The second kappa shape index (κ2) is 9.51. The summed E-state index contributed by atoms with van der Waals surface area (Å²) in [4.78, 5) is 23.5. The van der Waals surface area contributed by atoms with Gasteiger partial charge in [0, 0.05) is 18.4 Å². The highest BCUT2D eigenvalue weighted by Crippen LogP contribution is 2.24. The van der Waals surface area contributed by atoms with E-state index in [0.29, 0.717) is 37.2 Å². The molecule has 28 heavy (non-hydrogen) atoms. The van der Waals surface area contributed by atoms with Gasteiger partial charge < -0.3 is 9.84 Å². The van der Waals surface area contributed by atoms with Crippen LogP contribution in [0, 0.1) is 0 Å². The molecule has 0 radical (unpaired) electrons. The molecule has 4 nitrogen and oxygen atoms in total. The fraction of sp³-hybridized carbons (Fsp3) is 0.167. The number of carboxylic acid groups (broad SMARTS) is 1. The van der Waals surface area contributed by atoms with E-state index in [1.165, 1.54) is 0 Å². The molecule has 0 unspecified atom stereocenters. The molecule has 0 saturated carbocycles. The van der Waals surface area contributed by atoms with Crippen LogP contribution in [-0.4, -0.2) is 23.5 Å². The summed E-state index contributed by atoms with van der Waals surface area (Å²) in [7, 11) is 0. The number of ketones is 1. The van der Waals surface area contributed by atoms with E-state index in [0.717, 1.165) is 11.1 Å². The average Bonchev–Trinajstić information content (AvgIpc) is 2.73. The van der Waals surface area contributed by atoms with Crippen molar-refractivity contribution in [2.24, 2.45) is 0 Å². The van der Waals surface area contributed by atoms with Crippen LogP contribution in [-0.2, 0) is 6.42 Å². The first kappa shape index (κ1) is 19.4. The van der Waals surface area contributed by atoms with Crippen LogP contribution in [0.3, 0.4) is 0 Å². The molecule has 0 aliphatic rings. The third kappa shape index (κ3) is 5.30. The largest absolute Gasteiger partial charge is 0.493 e. The fourth-order valence-corrected chi connectivity index (χ4v) is 2.99. The molecule has 4 heteroatoms. The lowest BCUT2D eigenvalue weighted by atomic mass is 10.0. The molecule has 0 amide bonds. The van der Waals surface area contributed by atoms with Crippen LogP contribution in [0.4, 0.5) is 0 Å². The van der Waals surface area contributed by atoms with Gasteiger partial charge in [-0.3, -0.25) is 4.79 Å². The number of hydrogen-bond donors (Lipinski definition) is 1. The van der Waals surface area contributed by atoms with Gasteiger partial charge in [0.2, 0.25) is 0 Å². The van der Waals surface area contributed by atoms with Crippen LogP contribution in [0.1, 0.15) is 44.7 Å². The van der Waals surface area contributed by atoms with E-state index in [2.05, 4.69) is 0 Å². The summed E-state index contributed by atoms with van der Waals surface area (Å²) < 4.78 is 5.89. The van der Waals surface area contributed by atoms with Crippen LogP contribution >= 0.6 is 0 Å². The van der Waals surface area contributed by atoms with E-state index < -0.39 is 5.97 Å². The molecule has 3 aromatic rings. The predicted octanol–water partition coefficient (Wildman–Crippen LogP) is 5.02. The quantitative estimate of drug-likeness (QED) is 0.422. The lowest BCUT2D eigenvalue weighted by Crippen LogP contribution is -2.06. The smallest absolute Gasteiger partial charge is 0.335 e. The van der Waals surface area contributed by atoms with Crippen molar-refractivity contribution in [2.45, 2.75) is 19.3 Å². The predicted molar refractivity (Wildman–Crippen MR) is 108 cm³/mol. The fourth-order valence-electron chi connectivity index (χ4n) is 2.99. The van der Waals surface area contributed by atoms with Gasteiger partial charge in [-0.25, -0.2) is 4.79 Å². The normalized spacial score (nSPS) is 10.4. The third-order valence-electron chi connectivity index (χ3n) is 4.45. The van der Waals surface area contributed by atoms with E-state index in [1.807, 2.05) is 60.7 Å². The van der Waals surface area contributed by atoms with E-state index in [4.69, 9.17) is 4.74 Å². The molecule has 3 aromatic carbocycles. The van der Waals surface area contributed by atoms with Crippen LogP contribution in [0.2, 0.25) is 0 Å². The van der Waals surface area contributed by atoms with Crippen molar-refractivity contribution in [3.05, 3.63) is 101 Å². The second-order valence-electron chi connectivity index (χ2n) is 6.53. The summed E-state index contributed by atoms with van der Waals surface area (Å²) in [5.41, 5.74) is 2.84. The zero-order valence-corrected chi connectivity index (χ0v) is 15.5. The van der Waals surface area contributed by atoms with Gasteiger partial charge in [-0.15, -0.1) is 0 Å². The lowest BCUT2D eigenvalue weighted by molar-refractivity contribution is 0.0696. The number of carboxylic acids is 1. The first-order chi connectivity index (χ1) is 13.6. The third-order valence-corrected chi connectivity index (χ3v) is 4.45. The Bertz CT molecular complexity index is 933. The molecule has 0 aromatic heterocycles. The molecule has 0 heterocycles. The summed E-state index contributed by atoms with van der Waals surface area (Å²) in [5, 5.41) is 9.27. The summed E-state index contributed by atoms with van der Waals surface area (Å²) in [6.07, 6.45) is 1.59. The van der Waals surface area contributed by atoms with Gasteiger partial charge in [0.05, 0.1) is 12.2 Å². The molecule has 142 valence electrons. The molecule has 0 aliphatic heterocycles. The van der Waals surface area contributed by atoms with Crippen LogP contribution in [0.25, 0.3) is 0 Å². The van der Waals surface area contributed by atoms with Gasteiger partial charge in [0.15, 0.2) is 5.78 Å². The molecule has 1 N–H and O–H groups in total.